The third-order valence-electron chi connectivity index (χ3n) is 4.47. The van der Waals surface area contributed by atoms with Crippen LogP contribution in [0.5, 0.6) is 0 Å². The fourth-order valence-electron chi connectivity index (χ4n) is 3.32. The Morgan fingerprint density at radius 2 is 2.00 bits per heavy atom. The SMILES string of the molecule is CCOC(=O)NN(C(=O)OCC)C1CC=CC1c1ccccc1-n1cccn1. The van der Waals surface area contributed by atoms with Gasteiger partial charge in [0.15, 0.2) is 0 Å². The van der Waals surface area contributed by atoms with E-state index in [-0.39, 0.29) is 25.2 Å². The smallest absolute Gasteiger partial charge is 0.429 e. The molecule has 2 amide bonds. The van der Waals surface area contributed by atoms with Gasteiger partial charge in [-0.25, -0.2) is 24.7 Å². The van der Waals surface area contributed by atoms with E-state index in [0.717, 1.165) is 11.3 Å². The Bertz CT molecular complexity index is 834. The summed E-state index contributed by atoms with van der Waals surface area (Å²) in [6.45, 7) is 3.83. The van der Waals surface area contributed by atoms with Crippen molar-refractivity contribution < 1.29 is 19.1 Å². The van der Waals surface area contributed by atoms with Gasteiger partial charge in [-0.1, -0.05) is 30.4 Å². The van der Waals surface area contributed by atoms with Crippen LogP contribution in [0.1, 0.15) is 31.7 Å². The number of amides is 2. The van der Waals surface area contributed by atoms with Crippen LogP contribution in [0.15, 0.2) is 54.9 Å². The number of carbonyl (C=O) groups excluding carboxylic acids is 2. The van der Waals surface area contributed by atoms with E-state index in [9.17, 15) is 9.59 Å². The summed E-state index contributed by atoms with van der Waals surface area (Å²) < 4.78 is 11.9. The molecule has 0 radical (unpaired) electrons. The average molecular weight is 384 g/mol. The molecule has 1 aliphatic carbocycles. The number of aromatic nitrogens is 2. The quantitative estimate of drug-likeness (QED) is 0.631. The summed E-state index contributed by atoms with van der Waals surface area (Å²) >= 11 is 0. The number of hydrazine groups is 1. The van der Waals surface area contributed by atoms with Gasteiger partial charge in [0.1, 0.15) is 0 Å². The van der Waals surface area contributed by atoms with Crippen LogP contribution in [0.4, 0.5) is 9.59 Å². The first kappa shape index (κ1) is 19.5. The Balaban J connectivity index is 1.92. The molecule has 3 rings (SSSR count). The van der Waals surface area contributed by atoms with Crippen molar-refractivity contribution in [2.24, 2.45) is 0 Å². The van der Waals surface area contributed by atoms with Crippen LogP contribution in [0, 0.1) is 0 Å². The Labute approximate surface area is 163 Å². The van der Waals surface area contributed by atoms with Gasteiger partial charge in [-0.2, -0.15) is 5.10 Å². The molecule has 2 atom stereocenters. The average Bonchev–Trinajstić information content (AvgIpc) is 3.38. The molecule has 2 unspecified atom stereocenters. The molecule has 1 heterocycles. The number of nitrogens with one attached hydrogen (secondary N) is 1. The number of carbonyl (C=O) groups is 2. The number of ether oxygens (including phenoxy) is 2. The Morgan fingerprint density at radius 3 is 2.71 bits per heavy atom. The molecule has 1 N–H and O–H groups in total. The van der Waals surface area contributed by atoms with Gasteiger partial charge in [-0.05, 0) is 38.0 Å². The van der Waals surface area contributed by atoms with Crippen molar-refractivity contribution in [3.05, 3.63) is 60.4 Å². The number of para-hydroxylation sites is 1. The van der Waals surface area contributed by atoms with Crippen LogP contribution < -0.4 is 5.43 Å². The number of nitrogens with zero attached hydrogens (tertiary/aromatic N) is 3. The molecule has 8 nitrogen and oxygen atoms in total. The lowest BCUT2D eigenvalue weighted by atomic mass is 9.92. The fourth-order valence-corrected chi connectivity index (χ4v) is 3.32. The molecule has 1 aromatic carbocycles. The number of rotatable bonds is 5. The lowest BCUT2D eigenvalue weighted by molar-refractivity contribution is 0.0541. The highest BCUT2D eigenvalue weighted by Crippen LogP contribution is 2.35. The summed E-state index contributed by atoms with van der Waals surface area (Å²) in [6.07, 6.45) is 6.87. The Kier molecular flexibility index (Phi) is 6.31. The van der Waals surface area contributed by atoms with E-state index in [2.05, 4.69) is 10.5 Å². The standard InChI is InChI=1S/C20H24N4O4/c1-3-27-19(25)22-24(20(26)28-4-2)18-12-7-10-16(18)15-9-5-6-11-17(15)23-14-8-13-21-23/h5-11,13-14,16,18H,3-4,12H2,1-2H3,(H,22,25). The summed E-state index contributed by atoms with van der Waals surface area (Å²) in [4.78, 5) is 24.5. The van der Waals surface area contributed by atoms with Crippen molar-refractivity contribution in [2.75, 3.05) is 13.2 Å². The highest BCUT2D eigenvalue weighted by molar-refractivity contribution is 5.74. The Morgan fingerprint density at radius 1 is 1.21 bits per heavy atom. The van der Waals surface area contributed by atoms with Crippen LogP contribution in [0.25, 0.3) is 5.69 Å². The van der Waals surface area contributed by atoms with Crippen molar-refractivity contribution in [3.8, 4) is 5.69 Å². The molecular weight excluding hydrogens is 360 g/mol. The van der Waals surface area contributed by atoms with E-state index in [1.165, 1.54) is 5.01 Å². The zero-order chi connectivity index (χ0) is 19.9. The Hall–Kier alpha value is -3.29. The molecule has 148 valence electrons. The van der Waals surface area contributed by atoms with Crippen molar-refractivity contribution in [1.29, 1.82) is 0 Å². The molecule has 0 spiro atoms. The number of hydrogen-bond acceptors (Lipinski definition) is 5. The monoisotopic (exact) mass is 384 g/mol. The van der Waals surface area contributed by atoms with E-state index >= 15 is 0 Å². The molecule has 2 aromatic rings. The van der Waals surface area contributed by atoms with Gasteiger partial charge in [0.25, 0.3) is 0 Å². The summed E-state index contributed by atoms with van der Waals surface area (Å²) in [5, 5.41) is 5.55. The summed E-state index contributed by atoms with van der Waals surface area (Å²) in [7, 11) is 0. The third-order valence-corrected chi connectivity index (χ3v) is 4.47. The maximum atomic E-state index is 12.5. The normalized spacial score (nSPS) is 17.9. The molecule has 0 fully saturated rings. The first-order chi connectivity index (χ1) is 13.7. The molecule has 0 saturated carbocycles. The largest absolute Gasteiger partial charge is 0.449 e. The number of hydrogen-bond donors (Lipinski definition) is 1. The minimum absolute atomic E-state index is 0.147. The van der Waals surface area contributed by atoms with E-state index in [1.54, 1.807) is 24.7 Å². The number of benzene rings is 1. The van der Waals surface area contributed by atoms with Gasteiger partial charge >= 0.3 is 12.2 Å². The van der Waals surface area contributed by atoms with Gasteiger partial charge in [0.2, 0.25) is 0 Å². The van der Waals surface area contributed by atoms with Crippen LogP contribution in [0.2, 0.25) is 0 Å². The maximum Gasteiger partial charge on any atom is 0.429 e. The fraction of sp³-hybridized carbons (Fsp3) is 0.350. The van der Waals surface area contributed by atoms with Crippen LogP contribution in [-0.4, -0.2) is 46.2 Å². The second-order valence-corrected chi connectivity index (χ2v) is 6.17. The predicted molar refractivity (Wildman–Crippen MR) is 103 cm³/mol. The molecule has 28 heavy (non-hydrogen) atoms. The van der Waals surface area contributed by atoms with Crippen LogP contribution >= 0.6 is 0 Å². The molecule has 0 bridgehead atoms. The van der Waals surface area contributed by atoms with E-state index < -0.39 is 12.2 Å². The highest BCUT2D eigenvalue weighted by atomic mass is 16.6. The molecule has 1 aliphatic rings. The third kappa shape index (κ3) is 4.16. The van der Waals surface area contributed by atoms with E-state index in [4.69, 9.17) is 9.47 Å². The molecule has 0 aliphatic heterocycles. The zero-order valence-corrected chi connectivity index (χ0v) is 15.9. The molecule has 0 saturated heterocycles. The second-order valence-electron chi connectivity index (χ2n) is 6.17. The van der Waals surface area contributed by atoms with Crippen LogP contribution in [-0.2, 0) is 9.47 Å². The van der Waals surface area contributed by atoms with Crippen molar-refractivity contribution >= 4 is 12.2 Å². The van der Waals surface area contributed by atoms with Gasteiger partial charge in [0, 0.05) is 18.3 Å². The predicted octanol–water partition coefficient (Wildman–Crippen LogP) is 3.40. The van der Waals surface area contributed by atoms with Crippen molar-refractivity contribution in [1.82, 2.24) is 20.2 Å². The van der Waals surface area contributed by atoms with E-state index in [1.807, 2.05) is 48.7 Å². The summed E-state index contributed by atoms with van der Waals surface area (Å²) in [6, 6.07) is 9.36. The lowest BCUT2D eigenvalue weighted by Crippen LogP contribution is -2.53. The topological polar surface area (TPSA) is 85.7 Å². The minimum atomic E-state index is -0.693. The van der Waals surface area contributed by atoms with Gasteiger partial charge in [-0.3, -0.25) is 0 Å². The minimum Gasteiger partial charge on any atom is -0.449 e. The first-order valence-corrected chi connectivity index (χ1v) is 9.30. The van der Waals surface area contributed by atoms with Gasteiger partial charge in [0.05, 0.1) is 24.9 Å². The van der Waals surface area contributed by atoms with Crippen molar-refractivity contribution in [3.63, 3.8) is 0 Å². The van der Waals surface area contributed by atoms with E-state index in [0.29, 0.717) is 6.42 Å². The summed E-state index contributed by atoms with van der Waals surface area (Å²) in [5.41, 5.74) is 4.44. The van der Waals surface area contributed by atoms with Gasteiger partial charge < -0.3 is 9.47 Å². The zero-order valence-electron chi connectivity index (χ0n) is 15.9. The molecular formula is C20H24N4O4. The molecule has 1 aromatic heterocycles. The highest BCUT2D eigenvalue weighted by Gasteiger charge is 2.36. The maximum absolute atomic E-state index is 12.5. The lowest BCUT2D eigenvalue weighted by Gasteiger charge is -2.32. The van der Waals surface area contributed by atoms with Gasteiger partial charge in [-0.15, -0.1) is 0 Å². The van der Waals surface area contributed by atoms with Crippen molar-refractivity contribution in [2.45, 2.75) is 32.2 Å². The summed E-state index contributed by atoms with van der Waals surface area (Å²) in [5.74, 6) is -0.147. The second kappa shape index (κ2) is 9.07. The van der Waals surface area contributed by atoms with Crippen LogP contribution in [0.3, 0.4) is 0 Å². The molecule has 8 heteroatoms. The first-order valence-electron chi connectivity index (χ1n) is 9.30.